The average Bonchev–Trinajstić information content (AvgIpc) is 2.07. The number of rotatable bonds is 1. The molecule has 0 aromatic carbocycles. The van der Waals surface area contributed by atoms with E-state index in [9.17, 15) is 4.79 Å². The molecule has 0 bridgehead atoms. The van der Waals surface area contributed by atoms with E-state index in [0.717, 1.165) is 19.6 Å². The Hall–Kier alpha value is -0.610. The van der Waals surface area contributed by atoms with Crippen molar-refractivity contribution in [2.24, 2.45) is 5.41 Å². The Balaban J connectivity index is 2.46. The molecule has 1 saturated heterocycles. The molecule has 0 aromatic heterocycles. The molecule has 4 nitrogen and oxygen atoms in total. The number of carbonyl (C=O) groups excluding carboxylic acids is 1. The first-order chi connectivity index (χ1) is 6.41. The van der Waals surface area contributed by atoms with E-state index in [2.05, 4.69) is 10.2 Å². The number of hydrogen-bond acceptors (Lipinski definition) is 4. The van der Waals surface area contributed by atoms with E-state index < -0.39 is 5.41 Å². The predicted octanol–water partition coefficient (Wildman–Crippen LogP) is 0.437. The molecule has 4 heteroatoms. The maximum Gasteiger partial charge on any atom is 0.312 e. The van der Waals surface area contributed by atoms with E-state index in [4.69, 9.17) is 4.74 Å². The molecule has 0 aromatic rings. The molecule has 82 valence electrons. The quantitative estimate of drug-likeness (QED) is 0.624. The summed E-state index contributed by atoms with van der Waals surface area (Å²) in [6, 6.07) is 0. The van der Waals surface area contributed by atoms with Gasteiger partial charge in [0.2, 0.25) is 0 Å². The van der Waals surface area contributed by atoms with Gasteiger partial charge in [-0.25, -0.2) is 0 Å². The number of piperazine rings is 1. The zero-order valence-corrected chi connectivity index (χ0v) is 9.46. The summed E-state index contributed by atoms with van der Waals surface area (Å²) in [4.78, 5) is 13.7. The van der Waals surface area contributed by atoms with Crippen LogP contribution in [0, 0.1) is 5.41 Å². The number of hydrogen-bond donors (Lipinski definition) is 1. The number of carbonyl (C=O) groups is 1. The van der Waals surface area contributed by atoms with Crippen LogP contribution < -0.4 is 5.32 Å². The minimum atomic E-state index is -0.418. The molecule has 1 atom stereocenters. The Labute approximate surface area is 85.6 Å². The topological polar surface area (TPSA) is 41.6 Å². The lowest BCUT2D eigenvalue weighted by Crippen LogP contribution is -2.52. The van der Waals surface area contributed by atoms with E-state index >= 15 is 0 Å². The van der Waals surface area contributed by atoms with E-state index in [1.807, 2.05) is 27.8 Å². The summed E-state index contributed by atoms with van der Waals surface area (Å²) in [7, 11) is 1.97. The van der Waals surface area contributed by atoms with Crippen LogP contribution in [0.25, 0.3) is 0 Å². The Bertz CT molecular complexity index is 211. The Morgan fingerprint density at radius 2 is 2.14 bits per heavy atom. The number of nitrogens with one attached hydrogen (secondary N) is 1. The molecule has 1 heterocycles. The van der Waals surface area contributed by atoms with Crippen molar-refractivity contribution in [2.75, 3.05) is 26.7 Å². The van der Waals surface area contributed by atoms with Gasteiger partial charge in [-0.05, 0) is 27.8 Å². The first-order valence-electron chi connectivity index (χ1n) is 5.03. The maximum absolute atomic E-state index is 11.6. The van der Waals surface area contributed by atoms with Crippen molar-refractivity contribution >= 4 is 5.97 Å². The summed E-state index contributed by atoms with van der Waals surface area (Å²) in [6.45, 7) is 8.20. The van der Waals surface area contributed by atoms with E-state index in [1.54, 1.807) is 0 Å². The molecule has 0 amide bonds. The highest BCUT2D eigenvalue weighted by Gasteiger charge is 2.29. The highest BCUT2D eigenvalue weighted by molar-refractivity contribution is 5.75. The third-order valence-corrected chi connectivity index (χ3v) is 2.31. The molecule has 1 rings (SSSR count). The van der Waals surface area contributed by atoms with Crippen LogP contribution in [-0.2, 0) is 9.53 Å². The number of esters is 1. The standard InChI is InChI=1S/C10H20N2O2/c1-10(2,3)9(13)14-8-7-11-5-6-12(8)4/h8,11H,5-7H2,1-4H3. The fourth-order valence-corrected chi connectivity index (χ4v) is 1.21. The fraction of sp³-hybridized carbons (Fsp3) is 0.900. The second-order valence-electron chi connectivity index (χ2n) is 4.79. The van der Waals surface area contributed by atoms with Gasteiger partial charge in [-0.15, -0.1) is 0 Å². The van der Waals surface area contributed by atoms with Crippen molar-refractivity contribution in [2.45, 2.75) is 27.0 Å². The largest absolute Gasteiger partial charge is 0.445 e. The lowest BCUT2D eigenvalue weighted by atomic mass is 9.97. The minimum Gasteiger partial charge on any atom is -0.445 e. The smallest absolute Gasteiger partial charge is 0.312 e. The van der Waals surface area contributed by atoms with E-state index in [0.29, 0.717) is 0 Å². The summed E-state index contributed by atoms with van der Waals surface area (Å²) < 4.78 is 5.39. The highest BCUT2D eigenvalue weighted by atomic mass is 16.6. The average molecular weight is 200 g/mol. The molecule has 1 unspecified atom stereocenters. The molecular weight excluding hydrogens is 180 g/mol. The van der Waals surface area contributed by atoms with Gasteiger partial charge >= 0.3 is 5.97 Å². The molecule has 1 aliphatic rings. The highest BCUT2D eigenvalue weighted by Crippen LogP contribution is 2.17. The van der Waals surface area contributed by atoms with Crippen LogP contribution >= 0.6 is 0 Å². The summed E-state index contributed by atoms with van der Waals surface area (Å²) in [5, 5.41) is 3.20. The lowest BCUT2D eigenvalue weighted by molar-refractivity contribution is -0.168. The van der Waals surface area contributed by atoms with Crippen LogP contribution in [0.5, 0.6) is 0 Å². The predicted molar refractivity (Wildman–Crippen MR) is 54.8 cm³/mol. The monoisotopic (exact) mass is 200 g/mol. The first-order valence-corrected chi connectivity index (χ1v) is 5.03. The fourth-order valence-electron chi connectivity index (χ4n) is 1.21. The summed E-state index contributed by atoms with van der Waals surface area (Å²) in [6.07, 6.45) is -0.115. The van der Waals surface area contributed by atoms with Gasteiger partial charge in [0.15, 0.2) is 6.23 Å². The molecule has 0 spiro atoms. The van der Waals surface area contributed by atoms with Crippen molar-refractivity contribution < 1.29 is 9.53 Å². The van der Waals surface area contributed by atoms with Crippen molar-refractivity contribution in [1.82, 2.24) is 10.2 Å². The third-order valence-electron chi connectivity index (χ3n) is 2.31. The molecule has 0 saturated carbocycles. The third kappa shape index (κ3) is 2.96. The van der Waals surface area contributed by atoms with Gasteiger partial charge < -0.3 is 10.1 Å². The van der Waals surface area contributed by atoms with Gasteiger partial charge in [-0.1, -0.05) is 0 Å². The number of nitrogens with zero attached hydrogens (tertiary/aromatic N) is 1. The van der Waals surface area contributed by atoms with Crippen LogP contribution in [0.2, 0.25) is 0 Å². The van der Waals surface area contributed by atoms with Crippen LogP contribution in [0.1, 0.15) is 20.8 Å². The van der Waals surface area contributed by atoms with Gasteiger partial charge in [0, 0.05) is 19.6 Å². The molecule has 0 aliphatic carbocycles. The molecule has 14 heavy (non-hydrogen) atoms. The van der Waals surface area contributed by atoms with Gasteiger partial charge in [0.25, 0.3) is 0 Å². The van der Waals surface area contributed by atoms with Gasteiger partial charge in [-0.3, -0.25) is 9.69 Å². The molecule has 1 aliphatic heterocycles. The van der Waals surface area contributed by atoms with Crippen molar-refractivity contribution in [3.8, 4) is 0 Å². The molecule has 1 N–H and O–H groups in total. The van der Waals surface area contributed by atoms with Crippen LogP contribution in [0.3, 0.4) is 0 Å². The van der Waals surface area contributed by atoms with Crippen molar-refractivity contribution in [1.29, 1.82) is 0 Å². The normalized spacial score (nSPS) is 24.7. The zero-order chi connectivity index (χ0) is 10.8. The Morgan fingerprint density at radius 1 is 1.50 bits per heavy atom. The molecule has 0 radical (unpaired) electrons. The summed E-state index contributed by atoms with van der Waals surface area (Å²) in [5.41, 5.74) is -0.418. The van der Waals surface area contributed by atoms with Crippen molar-refractivity contribution in [3.05, 3.63) is 0 Å². The SMILES string of the molecule is CN1CCNCC1OC(=O)C(C)(C)C. The Kier molecular flexibility index (Phi) is 3.50. The van der Waals surface area contributed by atoms with Gasteiger partial charge in [-0.2, -0.15) is 0 Å². The zero-order valence-electron chi connectivity index (χ0n) is 9.46. The first kappa shape index (κ1) is 11.5. The van der Waals surface area contributed by atoms with Crippen LogP contribution in [0.4, 0.5) is 0 Å². The van der Waals surface area contributed by atoms with Crippen LogP contribution in [0.15, 0.2) is 0 Å². The second kappa shape index (κ2) is 4.28. The lowest BCUT2D eigenvalue weighted by Gasteiger charge is -2.33. The van der Waals surface area contributed by atoms with E-state index in [-0.39, 0.29) is 12.2 Å². The van der Waals surface area contributed by atoms with Gasteiger partial charge in [0.1, 0.15) is 0 Å². The number of ether oxygens (including phenoxy) is 1. The second-order valence-corrected chi connectivity index (χ2v) is 4.79. The maximum atomic E-state index is 11.6. The molecular formula is C10H20N2O2. The van der Waals surface area contributed by atoms with Gasteiger partial charge in [0.05, 0.1) is 5.41 Å². The summed E-state index contributed by atoms with van der Waals surface area (Å²) in [5.74, 6) is -0.141. The Morgan fingerprint density at radius 3 is 2.64 bits per heavy atom. The molecule has 1 fully saturated rings. The number of likely N-dealkylation sites (N-methyl/N-ethyl adjacent to an activating group) is 1. The minimum absolute atomic E-state index is 0.115. The van der Waals surface area contributed by atoms with E-state index in [1.165, 1.54) is 0 Å². The van der Waals surface area contributed by atoms with Crippen LogP contribution in [-0.4, -0.2) is 43.8 Å². The summed E-state index contributed by atoms with van der Waals surface area (Å²) >= 11 is 0. The van der Waals surface area contributed by atoms with Crippen molar-refractivity contribution in [3.63, 3.8) is 0 Å².